The van der Waals surface area contributed by atoms with Gasteiger partial charge in [-0.3, -0.25) is 0 Å². The molecule has 0 aromatic rings. The lowest BCUT2D eigenvalue weighted by atomic mass is 9.78. The van der Waals surface area contributed by atoms with E-state index in [0.717, 1.165) is 32.1 Å². The van der Waals surface area contributed by atoms with Crippen molar-refractivity contribution in [3.8, 4) is 0 Å². The molecule has 2 saturated heterocycles. The molecule has 0 saturated carbocycles. The molecule has 0 spiro atoms. The van der Waals surface area contributed by atoms with Crippen molar-refractivity contribution < 1.29 is 98.5 Å². The zero-order valence-electron chi connectivity index (χ0n) is 61.8. The fourth-order valence-corrected chi connectivity index (χ4v) is 15.5. The molecule has 0 aromatic heterocycles. The van der Waals surface area contributed by atoms with Gasteiger partial charge in [-0.05, 0) is 160 Å². The molecule has 2 fully saturated rings. The van der Waals surface area contributed by atoms with Crippen molar-refractivity contribution in [1.29, 1.82) is 0 Å². The predicted octanol–water partition coefficient (Wildman–Crippen LogP) is 9.30. The van der Waals surface area contributed by atoms with E-state index in [1.807, 2.05) is 84.9 Å². The monoisotopic (exact) mass is 1390 g/mol. The topological polar surface area (TPSA) is 310 Å². The summed E-state index contributed by atoms with van der Waals surface area (Å²) in [6, 6.07) is 0. The van der Waals surface area contributed by atoms with Crippen LogP contribution in [0.5, 0.6) is 0 Å². The van der Waals surface area contributed by atoms with Crippen LogP contribution in [-0.2, 0) is 47.5 Å². The van der Waals surface area contributed by atoms with Crippen LogP contribution in [0.1, 0.15) is 199 Å². The fraction of sp³-hybridized carbons (Fsp3) is 0.821. The predicted molar refractivity (Wildman–Crippen MR) is 377 cm³/mol. The van der Waals surface area contributed by atoms with Gasteiger partial charge in [0.25, 0.3) is 0 Å². The van der Waals surface area contributed by atoms with Gasteiger partial charge < -0.3 is 89.0 Å². The highest BCUT2D eigenvalue weighted by atomic mass is 16.6. The van der Waals surface area contributed by atoms with E-state index in [4.69, 9.17) is 37.9 Å². The number of aliphatic hydroxyl groups is 10. The first-order valence-corrected chi connectivity index (χ1v) is 37.2. The normalized spacial score (nSPS) is 40.4. The third kappa shape index (κ3) is 28.1. The standard InChI is InChI=1S/C78H132O20/c1-45-21-27-59(81)37-63-19-15-17-61(95-63)35-57(43-79)51(7)69(83)41-70(84)53(9)77(90)56(12)78(48(4)26-30-66-40-68(92-14)34-50(6)94-66)98-74(87)32-24-46(2)22-28-60(82)38-64-20-16-18-62(96-64)36-58(44-80)52(8)72(97-73(86)31-23-45)42-71(85)54(10)76(89)55(11)75(88)47(3)25-29-65-39-67(91-13)33-49(5)93-65/h15-16,19-24,31-32,47-72,75-85,88-90H,17-18,25-30,33-44H2,1-14H3/b31-23+,32-24+,45-21+,46-22+/t47-,48-,49-,50-,51+,52+,53-,54-,55-,56+,57+,58+,59-,60-,61?,62?,63-,64-,65?,66-,67+,68+,69-,70+,71+,72?,75-,76-,77-,78-/m0/s1. The molecule has 0 amide bonds. The van der Waals surface area contributed by atoms with Crippen LogP contribution < -0.4 is 0 Å². The Morgan fingerprint density at radius 1 is 0.520 bits per heavy atom. The summed E-state index contributed by atoms with van der Waals surface area (Å²) in [6.07, 6.45) is 14.3. The van der Waals surface area contributed by atoms with Crippen molar-refractivity contribution in [2.45, 2.75) is 321 Å². The van der Waals surface area contributed by atoms with E-state index >= 15 is 0 Å². The van der Waals surface area contributed by atoms with Gasteiger partial charge in [-0.15, -0.1) is 0 Å². The molecule has 0 aliphatic carbocycles. The number of carbonyl (C=O) groups is 2. The number of fused-ring (bicyclic) bond motifs is 4. The van der Waals surface area contributed by atoms with E-state index < -0.39 is 133 Å². The molecule has 0 radical (unpaired) electrons. The Labute approximate surface area is 587 Å². The number of cyclic esters (lactones) is 2. The Hall–Kier alpha value is -3.26. The van der Waals surface area contributed by atoms with Crippen molar-refractivity contribution in [2.75, 3.05) is 27.4 Å². The van der Waals surface area contributed by atoms with Crippen LogP contribution in [0.25, 0.3) is 0 Å². The molecule has 30 atom stereocenters. The second kappa shape index (κ2) is 43.1. The Morgan fingerprint density at radius 2 is 0.990 bits per heavy atom. The van der Waals surface area contributed by atoms with Crippen LogP contribution in [-0.4, -0.2) is 213 Å². The molecule has 4 unspecified atom stereocenters. The van der Waals surface area contributed by atoms with Gasteiger partial charge in [-0.1, -0.05) is 115 Å². The second-order valence-corrected chi connectivity index (χ2v) is 30.7. The number of methoxy groups -OCH3 is 2. The van der Waals surface area contributed by atoms with E-state index in [1.54, 1.807) is 61.0 Å². The van der Waals surface area contributed by atoms with Gasteiger partial charge in [0.1, 0.15) is 12.2 Å². The molecular formula is C78H132O20. The summed E-state index contributed by atoms with van der Waals surface area (Å²) in [5, 5.41) is 115. The number of carbonyl (C=O) groups excluding carboxylic acids is 2. The smallest absolute Gasteiger partial charge is 0.331 e. The average Bonchev–Trinajstić information content (AvgIpc) is 1.01. The Morgan fingerprint density at radius 3 is 1.48 bits per heavy atom. The average molecular weight is 1390 g/mol. The first-order chi connectivity index (χ1) is 46.4. The number of allylic oxidation sites excluding steroid dienone is 4. The number of hydrogen-bond acceptors (Lipinski definition) is 20. The van der Waals surface area contributed by atoms with Gasteiger partial charge in [0.05, 0.1) is 110 Å². The van der Waals surface area contributed by atoms with Crippen molar-refractivity contribution >= 4 is 11.9 Å². The van der Waals surface area contributed by atoms with Crippen LogP contribution in [0.2, 0.25) is 0 Å². The minimum atomic E-state index is -1.20. The summed E-state index contributed by atoms with van der Waals surface area (Å²) in [5.41, 5.74) is 1.37. The lowest BCUT2D eigenvalue weighted by Crippen LogP contribution is -2.44. The fourth-order valence-electron chi connectivity index (χ4n) is 15.5. The molecule has 0 aromatic carbocycles. The summed E-state index contributed by atoms with van der Waals surface area (Å²) in [5.74, 6) is -6.46. The molecule has 564 valence electrons. The highest BCUT2D eigenvalue weighted by Crippen LogP contribution is 2.37. The summed E-state index contributed by atoms with van der Waals surface area (Å²) in [4.78, 5) is 27.8. The maximum absolute atomic E-state index is 13.9. The third-order valence-electron chi connectivity index (χ3n) is 22.6. The van der Waals surface area contributed by atoms with Crippen LogP contribution in [0.15, 0.2) is 71.9 Å². The van der Waals surface area contributed by atoms with Crippen LogP contribution in [0.3, 0.4) is 0 Å². The molecule has 20 heteroatoms. The summed E-state index contributed by atoms with van der Waals surface area (Å²) in [7, 11) is 3.42. The van der Waals surface area contributed by atoms with Crippen LogP contribution in [0.4, 0.5) is 0 Å². The molecule has 5 rings (SSSR count). The van der Waals surface area contributed by atoms with E-state index in [2.05, 4.69) is 0 Å². The van der Waals surface area contributed by atoms with Crippen molar-refractivity contribution in [2.24, 2.45) is 59.2 Å². The van der Waals surface area contributed by atoms with Gasteiger partial charge >= 0.3 is 11.9 Å². The quantitative estimate of drug-likeness (QED) is 0.0451. The zero-order chi connectivity index (χ0) is 72.5. The first-order valence-electron chi connectivity index (χ1n) is 37.2. The largest absolute Gasteiger partial charge is 0.459 e. The van der Waals surface area contributed by atoms with E-state index in [1.165, 1.54) is 12.2 Å². The number of aliphatic hydroxyl groups excluding tert-OH is 10. The maximum Gasteiger partial charge on any atom is 0.331 e. The Kier molecular flexibility index (Phi) is 37.6. The summed E-state index contributed by atoms with van der Waals surface area (Å²) >= 11 is 0. The number of ether oxygens (including phenoxy) is 8. The number of hydrogen-bond donors (Lipinski definition) is 10. The molecule has 4 bridgehead atoms. The third-order valence-corrected chi connectivity index (χ3v) is 22.6. The minimum absolute atomic E-state index is 0.00488. The zero-order valence-corrected chi connectivity index (χ0v) is 61.8. The number of esters is 2. The lowest BCUT2D eigenvalue weighted by Gasteiger charge is -2.38. The SMILES string of the molecule is CO[C@H]1CC(CC[C@H](C)[C@H](O)[C@H](C)[C@@H](O)[C@@H](C)[C@H](O)CC2OC(=O)/C=C/C(C)=C/C[C@H](O)C[C@@H]3C=CCC(C[C@H](CO)[C@@H](C)[C@@H](O)C[C@@H](O)[C@H](C)[C@H](O)[C@@H](C)[C@H]([C@@H](C)CC[C@H]4C[C@H](OC)C[C@H](C)O4)OC(=O)/C=C/C(C)=C/C[C@H](O)C[C@@H]4C=CCC(C[C@H](CO)[C@H]2C)O4)O3)O[C@@H](C)C1. The molecule has 5 aliphatic rings. The van der Waals surface area contributed by atoms with Gasteiger partial charge in [0.15, 0.2) is 0 Å². The molecule has 20 nitrogen and oxygen atoms in total. The lowest BCUT2D eigenvalue weighted by molar-refractivity contribution is -0.155. The molecular weight excluding hydrogens is 1260 g/mol. The Bertz CT molecular complexity index is 2480. The maximum atomic E-state index is 13.9. The van der Waals surface area contributed by atoms with Crippen molar-refractivity contribution in [1.82, 2.24) is 0 Å². The van der Waals surface area contributed by atoms with E-state index in [-0.39, 0.29) is 112 Å². The van der Waals surface area contributed by atoms with Gasteiger partial charge in [0, 0.05) is 82.5 Å². The number of rotatable bonds is 18. The molecule has 5 aliphatic heterocycles. The van der Waals surface area contributed by atoms with Crippen LogP contribution in [0, 0.1) is 59.2 Å². The first kappa shape index (κ1) is 85.4. The highest BCUT2D eigenvalue weighted by Gasteiger charge is 2.42. The molecule has 10 N–H and O–H groups in total. The second-order valence-electron chi connectivity index (χ2n) is 30.7. The van der Waals surface area contributed by atoms with E-state index in [0.29, 0.717) is 56.1 Å². The van der Waals surface area contributed by atoms with Gasteiger partial charge in [0.2, 0.25) is 0 Å². The summed E-state index contributed by atoms with van der Waals surface area (Å²) in [6.45, 7) is 21.8. The van der Waals surface area contributed by atoms with Gasteiger partial charge in [-0.2, -0.15) is 0 Å². The minimum Gasteiger partial charge on any atom is -0.459 e. The van der Waals surface area contributed by atoms with Gasteiger partial charge in [-0.25, -0.2) is 9.59 Å². The van der Waals surface area contributed by atoms with Crippen molar-refractivity contribution in [3.63, 3.8) is 0 Å². The summed E-state index contributed by atoms with van der Waals surface area (Å²) < 4.78 is 49.3. The Balaban J connectivity index is 1.36. The van der Waals surface area contributed by atoms with Crippen molar-refractivity contribution in [3.05, 3.63) is 71.9 Å². The molecule has 5 heterocycles. The molecule has 98 heavy (non-hydrogen) atoms. The van der Waals surface area contributed by atoms with E-state index in [9.17, 15) is 60.7 Å². The van der Waals surface area contributed by atoms with Crippen LogP contribution >= 0.6 is 0 Å². The highest BCUT2D eigenvalue weighted by molar-refractivity contribution is 5.83.